The molecule has 0 saturated carbocycles. The number of unbranched alkanes of at least 4 members (excludes halogenated alkanes) is 2. The van der Waals surface area contributed by atoms with E-state index in [-0.39, 0.29) is 36.0 Å². The van der Waals surface area contributed by atoms with Gasteiger partial charge in [-0.05, 0) is 82.4 Å². The summed E-state index contributed by atoms with van der Waals surface area (Å²) in [5, 5.41) is 26.6. The number of aromatic hydroxyl groups is 1. The second kappa shape index (κ2) is 24.2. The minimum atomic E-state index is -1.30. The van der Waals surface area contributed by atoms with Gasteiger partial charge in [-0.25, -0.2) is 9.59 Å². The topological polar surface area (TPSA) is 137 Å². The summed E-state index contributed by atoms with van der Waals surface area (Å²) in [6.07, 6.45) is 30.7. The number of allylic oxidation sites excluding steroid dienone is 10. The number of hydrogen-bond donors (Lipinski definition) is 5. The molecule has 0 radical (unpaired) electrons. The van der Waals surface area contributed by atoms with Crippen LogP contribution in [0, 0.1) is 0 Å². The van der Waals surface area contributed by atoms with E-state index in [0.29, 0.717) is 19.4 Å². The number of carbonyl (C=O) groups is 3. The number of carboxylic acids is 1. The monoisotopic (exact) mass is 623 g/mol. The highest BCUT2D eigenvalue weighted by Gasteiger charge is 2.35. The van der Waals surface area contributed by atoms with Crippen LogP contribution in [0.3, 0.4) is 0 Å². The molecule has 0 aliphatic rings. The van der Waals surface area contributed by atoms with Crippen LogP contribution < -0.4 is 16.0 Å². The minimum Gasteiger partial charge on any atom is -0.507 e. The maximum Gasteiger partial charge on any atom is 0.339 e. The molecule has 0 fully saturated rings. The molecule has 45 heavy (non-hydrogen) atoms. The van der Waals surface area contributed by atoms with Crippen LogP contribution >= 0.6 is 0 Å². The number of nitrogens with one attached hydrogen (secondary N) is 3. The van der Waals surface area contributed by atoms with E-state index in [2.05, 4.69) is 83.6 Å². The summed E-state index contributed by atoms with van der Waals surface area (Å²) in [6.45, 7) is 6.85. The van der Waals surface area contributed by atoms with Gasteiger partial charge in [0.2, 0.25) is 0 Å². The predicted molar refractivity (Wildman–Crippen MR) is 183 cm³/mol. The summed E-state index contributed by atoms with van der Waals surface area (Å²) in [4.78, 5) is 36.2. The number of anilines is 1. The SMILES string of the molecule is CCC=CCC=CCC=CCC=CCC=CCCCCOC(CC)(CC)C(=O)NCCNC(=O)Nc1ccc(O)c(C(=O)O)c1. The number of benzene rings is 1. The molecule has 5 N–H and O–H groups in total. The summed E-state index contributed by atoms with van der Waals surface area (Å²) in [7, 11) is 0. The highest BCUT2D eigenvalue weighted by atomic mass is 16.5. The summed E-state index contributed by atoms with van der Waals surface area (Å²) in [6, 6.07) is 3.18. The Labute approximate surface area is 269 Å². The molecule has 0 saturated heterocycles. The first-order valence-corrected chi connectivity index (χ1v) is 16.1. The maximum atomic E-state index is 12.9. The van der Waals surface area contributed by atoms with Gasteiger partial charge in [-0.1, -0.05) is 81.5 Å². The number of urea groups is 1. The Balaban J connectivity index is 2.24. The molecule has 0 aliphatic heterocycles. The first-order chi connectivity index (χ1) is 21.8. The molecule has 9 heteroatoms. The van der Waals surface area contributed by atoms with Crippen molar-refractivity contribution in [3.8, 4) is 5.75 Å². The number of aromatic carboxylic acids is 1. The number of rotatable bonds is 23. The standard InChI is InChI=1S/C36H53N3O6/c1-4-7-8-9-10-11-12-13-14-15-16-17-18-19-20-21-22-23-28-45-36(5-2,6-3)34(43)37-26-27-38-35(44)39-30-24-25-32(40)31(29-30)33(41)42/h7-8,10-11,13-14,16-17,19-20,24-25,29,40H,4-6,9,12,15,18,21-23,26-28H2,1-3H3,(H,37,43)(H,41,42)(H2,38,39,44). The zero-order valence-electron chi connectivity index (χ0n) is 27.2. The van der Waals surface area contributed by atoms with E-state index in [9.17, 15) is 19.5 Å². The highest BCUT2D eigenvalue weighted by Crippen LogP contribution is 2.22. The largest absolute Gasteiger partial charge is 0.507 e. The van der Waals surface area contributed by atoms with Gasteiger partial charge in [0.1, 0.15) is 16.9 Å². The third-order valence-electron chi connectivity index (χ3n) is 7.04. The molecule has 0 atom stereocenters. The summed E-state index contributed by atoms with van der Waals surface area (Å²) >= 11 is 0. The zero-order chi connectivity index (χ0) is 33.2. The molecule has 1 aromatic carbocycles. The van der Waals surface area contributed by atoms with Crippen molar-refractivity contribution in [1.29, 1.82) is 0 Å². The van der Waals surface area contributed by atoms with E-state index in [0.717, 1.165) is 57.4 Å². The average molecular weight is 624 g/mol. The first-order valence-electron chi connectivity index (χ1n) is 16.1. The lowest BCUT2D eigenvalue weighted by atomic mass is 9.95. The van der Waals surface area contributed by atoms with E-state index in [4.69, 9.17) is 9.84 Å². The van der Waals surface area contributed by atoms with Crippen molar-refractivity contribution in [1.82, 2.24) is 10.6 Å². The third-order valence-corrected chi connectivity index (χ3v) is 7.04. The van der Waals surface area contributed by atoms with Gasteiger partial charge >= 0.3 is 12.0 Å². The Morgan fingerprint density at radius 1 is 0.778 bits per heavy atom. The van der Waals surface area contributed by atoms with Crippen LogP contribution in [0.4, 0.5) is 10.5 Å². The molecule has 248 valence electrons. The fraction of sp³-hybridized carbons (Fsp3) is 0.472. The van der Waals surface area contributed by atoms with Gasteiger partial charge in [-0.15, -0.1) is 0 Å². The van der Waals surface area contributed by atoms with Crippen LogP contribution in [-0.2, 0) is 9.53 Å². The van der Waals surface area contributed by atoms with Gasteiger partial charge in [0.15, 0.2) is 0 Å². The second-order valence-electron chi connectivity index (χ2n) is 10.4. The van der Waals surface area contributed by atoms with Crippen LogP contribution in [-0.4, -0.2) is 53.4 Å². The van der Waals surface area contributed by atoms with Gasteiger partial charge < -0.3 is 30.9 Å². The molecule has 1 aromatic rings. The van der Waals surface area contributed by atoms with Crippen LogP contribution in [0.15, 0.2) is 79.0 Å². The predicted octanol–water partition coefficient (Wildman–Crippen LogP) is 7.83. The Morgan fingerprint density at radius 3 is 1.89 bits per heavy atom. The van der Waals surface area contributed by atoms with Crippen LogP contribution in [0.25, 0.3) is 0 Å². The van der Waals surface area contributed by atoms with Crippen molar-refractivity contribution < 1.29 is 29.3 Å². The van der Waals surface area contributed by atoms with E-state index < -0.39 is 17.6 Å². The maximum absolute atomic E-state index is 12.9. The van der Waals surface area contributed by atoms with Gasteiger partial charge in [0, 0.05) is 25.4 Å². The lowest BCUT2D eigenvalue weighted by Crippen LogP contribution is -2.50. The zero-order valence-corrected chi connectivity index (χ0v) is 27.2. The third kappa shape index (κ3) is 17.1. The van der Waals surface area contributed by atoms with Crippen molar-refractivity contribution >= 4 is 23.6 Å². The van der Waals surface area contributed by atoms with Gasteiger partial charge in [0.05, 0.1) is 0 Å². The Kier molecular flexibility index (Phi) is 21.0. The molecule has 0 unspecified atom stereocenters. The van der Waals surface area contributed by atoms with Crippen LogP contribution in [0.1, 0.15) is 95.3 Å². The Bertz CT molecular complexity index is 1170. The van der Waals surface area contributed by atoms with Crippen molar-refractivity contribution in [2.24, 2.45) is 0 Å². The van der Waals surface area contributed by atoms with Gasteiger partial charge in [0.25, 0.3) is 5.91 Å². The smallest absolute Gasteiger partial charge is 0.339 e. The summed E-state index contributed by atoms with van der Waals surface area (Å²) < 4.78 is 6.09. The van der Waals surface area contributed by atoms with Gasteiger partial charge in [-0.3, -0.25) is 4.79 Å². The fourth-order valence-corrected chi connectivity index (χ4v) is 4.31. The quantitative estimate of drug-likeness (QED) is 0.0479. The second-order valence-corrected chi connectivity index (χ2v) is 10.4. The van der Waals surface area contributed by atoms with E-state index in [1.165, 1.54) is 12.1 Å². The van der Waals surface area contributed by atoms with Crippen molar-refractivity contribution in [3.05, 3.63) is 84.5 Å². The molecule has 0 heterocycles. The number of carboxylic acid groups (broad SMARTS) is 1. The van der Waals surface area contributed by atoms with E-state index in [1.54, 1.807) is 0 Å². The Hall–Kier alpha value is -4.11. The fourth-order valence-electron chi connectivity index (χ4n) is 4.31. The highest BCUT2D eigenvalue weighted by molar-refractivity contribution is 5.95. The van der Waals surface area contributed by atoms with E-state index >= 15 is 0 Å². The molecule has 0 aromatic heterocycles. The molecule has 0 spiro atoms. The van der Waals surface area contributed by atoms with Crippen molar-refractivity contribution in [2.75, 3.05) is 25.0 Å². The number of hydrogen-bond acceptors (Lipinski definition) is 5. The number of ether oxygens (including phenoxy) is 1. The molecular formula is C36H53N3O6. The number of carbonyl (C=O) groups excluding carboxylic acids is 2. The lowest BCUT2D eigenvalue weighted by Gasteiger charge is -2.30. The first kappa shape index (κ1) is 38.9. The molecule has 0 bridgehead atoms. The van der Waals surface area contributed by atoms with Gasteiger partial charge in [-0.2, -0.15) is 0 Å². The minimum absolute atomic E-state index is 0.165. The van der Waals surface area contributed by atoms with Crippen LogP contribution in [0.5, 0.6) is 5.75 Å². The van der Waals surface area contributed by atoms with Crippen molar-refractivity contribution in [3.63, 3.8) is 0 Å². The molecule has 3 amide bonds. The molecule has 9 nitrogen and oxygen atoms in total. The van der Waals surface area contributed by atoms with Crippen molar-refractivity contribution in [2.45, 2.75) is 90.6 Å². The lowest BCUT2D eigenvalue weighted by molar-refractivity contribution is -0.148. The molecule has 1 rings (SSSR count). The number of phenols is 1. The summed E-state index contributed by atoms with van der Waals surface area (Å²) in [5.41, 5.74) is -1.01. The Morgan fingerprint density at radius 2 is 1.33 bits per heavy atom. The normalized spacial score (nSPS) is 12.2. The average Bonchev–Trinajstić information content (AvgIpc) is 3.03. The molecular weight excluding hydrogens is 570 g/mol. The van der Waals surface area contributed by atoms with E-state index in [1.807, 2.05) is 13.8 Å². The summed E-state index contributed by atoms with van der Waals surface area (Å²) in [5.74, 6) is -1.90. The molecule has 0 aliphatic carbocycles. The van der Waals surface area contributed by atoms with Crippen LogP contribution in [0.2, 0.25) is 0 Å². The number of amides is 3.